The van der Waals surface area contributed by atoms with Gasteiger partial charge in [0.15, 0.2) is 0 Å². The summed E-state index contributed by atoms with van der Waals surface area (Å²) in [6, 6.07) is 0.118. The number of aliphatic carboxylic acids is 1. The smallest absolute Gasteiger partial charge is 0.323 e. The third-order valence-corrected chi connectivity index (χ3v) is 5.44. The first kappa shape index (κ1) is 14.5. The van der Waals surface area contributed by atoms with Crippen molar-refractivity contribution in [3.8, 4) is 0 Å². The van der Waals surface area contributed by atoms with Gasteiger partial charge >= 0.3 is 5.97 Å². The maximum atomic E-state index is 11.7. The standard InChI is InChI=1S/C14H22N2O2S/c1-9-12(19-11(3)15-9)10(2)16-8-6-5-7-14(16,4)13(17)18/h10H,5-8H2,1-4H3,(H,17,18). The topological polar surface area (TPSA) is 53.4 Å². The van der Waals surface area contributed by atoms with Crippen molar-refractivity contribution in [3.63, 3.8) is 0 Å². The molecule has 0 aliphatic carbocycles. The highest BCUT2D eigenvalue weighted by molar-refractivity contribution is 7.11. The van der Waals surface area contributed by atoms with E-state index in [9.17, 15) is 9.90 Å². The van der Waals surface area contributed by atoms with E-state index in [2.05, 4.69) is 16.8 Å². The minimum Gasteiger partial charge on any atom is -0.480 e. The van der Waals surface area contributed by atoms with Gasteiger partial charge in [-0.3, -0.25) is 9.69 Å². The summed E-state index contributed by atoms with van der Waals surface area (Å²) in [5.41, 5.74) is 0.287. The molecule has 2 atom stereocenters. The minimum atomic E-state index is -0.748. The van der Waals surface area contributed by atoms with Crippen LogP contribution in [-0.2, 0) is 4.79 Å². The van der Waals surface area contributed by atoms with Crippen LogP contribution in [0.2, 0.25) is 0 Å². The molecule has 19 heavy (non-hydrogen) atoms. The molecule has 0 amide bonds. The second-order valence-corrected chi connectivity index (χ2v) is 6.82. The lowest BCUT2D eigenvalue weighted by molar-refractivity contribution is -0.154. The monoisotopic (exact) mass is 282 g/mol. The number of likely N-dealkylation sites (tertiary alicyclic amines) is 1. The fourth-order valence-electron chi connectivity index (χ4n) is 3.07. The largest absolute Gasteiger partial charge is 0.480 e. The van der Waals surface area contributed by atoms with Crippen molar-refractivity contribution in [2.24, 2.45) is 0 Å². The predicted octanol–water partition coefficient (Wildman–Crippen LogP) is 3.15. The fraction of sp³-hybridized carbons (Fsp3) is 0.714. The van der Waals surface area contributed by atoms with Crippen LogP contribution >= 0.6 is 11.3 Å². The quantitative estimate of drug-likeness (QED) is 0.925. The molecular formula is C14H22N2O2S. The number of carbonyl (C=O) groups is 1. The number of carboxylic acid groups (broad SMARTS) is 1. The van der Waals surface area contributed by atoms with Crippen molar-refractivity contribution in [2.75, 3.05) is 6.54 Å². The molecule has 1 fully saturated rings. The number of piperidine rings is 1. The minimum absolute atomic E-state index is 0.118. The van der Waals surface area contributed by atoms with E-state index in [1.54, 1.807) is 11.3 Å². The average molecular weight is 282 g/mol. The van der Waals surface area contributed by atoms with Crippen molar-refractivity contribution in [2.45, 2.75) is 58.5 Å². The molecule has 1 aromatic heterocycles. The molecule has 2 unspecified atom stereocenters. The number of aryl methyl sites for hydroxylation is 2. The molecule has 1 aliphatic heterocycles. The Kier molecular flexibility index (Phi) is 3.97. The second-order valence-electron chi connectivity index (χ2n) is 5.59. The molecule has 1 aliphatic rings. The third-order valence-electron chi connectivity index (χ3n) is 4.19. The Morgan fingerprint density at radius 2 is 2.16 bits per heavy atom. The van der Waals surface area contributed by atoms with Gasteiger partial charge in [0.25, 0.3) is 0 Å². The maximum absolute atomic E-state index is 11.7. The number of thiazole rings is 1. The number of aromatic nitrogens is 1. The lowest BCUT2D eigenvalue weighted by Crippen LogP contribution is -2.55. The molecule has 106 valence electrons. The van der Waals surface area contributed by atoms with Gasteiger partial charge in [-0.2, -0.15) is 0 Å². The second kappa shape index (κ2) is 5.21. The maximum Gasteiger partial charge on any atom is 0.323 e. The molecule has 1 aromatic rings. The van der Waals surface area contributed by atoms with E-state index in [0.29, 0.717) is 0 Å². The molecule has 2 rings (SSSR count). The number of hydrogen-bond donors (Lipinski definition) is 1. The highest BCUT2D eigenvalue weighted by Gasteiger charge is 2.44. The van der Waals surface area contributed by atoms with Gasteiger partial charge in [0.2, 0.25) is 0 Å². The summed E-state index contributed by atoms with van der Waals surface area (Å²) >= 11 is 1.68. The van der Waals surface area contributed by atoms with Crippen LogP contribution < -0.4 is 0 Å². The number of nitrogens with zero attached hydrogens (tertiary/aromatic N) is 2. The Balaban J connectivity index is 2.33. The van der Waals surface area contributed by atoms with E-state index in [-0.39, 0.29) is 6.04 Å². The van der Waals surface area contributed by atoms with Crippen LogP contribution in [0.15, 0.2) is 0 Å². The Bertz CT molecular complexity index is 486. The summed E-state index contributed by atoms with van der Waals surface area (Å²) < 4.78 is 0. The van der Waals surface area contributed by atoms with Gasteiger partial charge in [0, 0.05) is 10.9 Å². The first-order valence-electron chi connectivity index (χ1n) is 6.80. The Morgan fingerprint density at radius 3 is 2.68 bits per heavy atom. The molecule has 1 saturated heterocycles. The van der Waals surface area contributed by atoms with E-state index in [1.165, 1.54) is 4.88 Å². The Hall–Kier alpha value is -0.940. The lowest BCUT2D eigenvalue weighted by atomic mass is 9.87. The van der Waals surface area contributed by atoms with Gasteiger partial charge in [0.05, 0.1) is 10.7 Å². The highest BCUT2D eigenvalue weighted by atomic mass is 32.1. The molecule has 0 radical (unpaired) electrons. The van der Waals surface area contributed by atoms with Crippen LogP contribution in [0.1, 0.15) is 54.7 Å². The average Bonchev–Trinajstić information content (AvgIpc) is 2.68. The van der Waals surface area contributed by atoms with E-state index in [1.807, 2.05) is 20.8 Å². The van der Waals surface area contributed by atoms with E-state index >= 15 is 0 Å². The zero-order valence-corrected chi connectivity index (χ0v) is 12.9. The molecular weight excluding hydrogens is 260 g/mol. The fourth-order valence-corrected chi connectivity index (χ4v) is 4.06. The summed E-state index contributed by atoms with van der Waals surface area (Å²) in [5.74, 6) is -0.710. The van der Waals surface area contributed by atoms with Crippen LogP contribution in [0.5, 0.6) is 0 Å². The number of carboxylic acids is 1. The van der Waals surface area contributed by atoms with Gasteiger partial charge in [0.1, 0.15) is 5.54 Å². The van der Waals surface area contributed by atoms with E-state index < -0.39 is 11.5 Å². The number of rotatable bonds is 3. The van der Waals surface area contributed by atoms with Gasteiger partial charge < -0.3 is 5.11 Å². The molecule has 1 N–H and O–H groups in total. The highest BCUT2D eigenvalue weighted by Crippen LogP contribution is 2.38. The van der Waals surface area contributed by atoms with Crippen molar-refractivity contribution in [1.82, 2.24) is 9.88 Å². The van der Waals surface area contributed by atoms with Crippen LogP contribution in [0.4, 0.5) is 0 Å². The van der Waals surface area contributed by atoms with Crippen LogP contribution in [0.25, 0.3) is 0 Å². The summed E-state index contributed by atoms with van der Waals surface area (Å²) in [6.45, 7) is 8.82. The lowest BCUT2D eigenvalue weighted by Gasteiger charge is -2.45. The molecule has 0 saturated carbocycles. The summed E-state index contributed by atoms with van der Waals surface area (Å²) in [6.07, 6.45) is 2.79. The van der Waals surface area contributed by atoms with Crippen molar-refractivity contribution >= 4 is 17.3 Å². The predicted molar refractivity (Wildman–Crippen MR) is 76.6 cm³/mol. The molecule has 0 spiro atoms. The van der Waals surface area contributed by atoms with Crippen LogP contribution in [0.3, 0.4) is 0 Å². The normalized spacial score (nSPS) is 26.3. The number of hydrogen-bond acceptors (Lipinski definition) is 4. The summed E-state index contributed by atoms with van der Waals surface area (Å²) in [5, 5.41) is 10.6. The molecule has 4 nitrogen and oxygen atoms in total. The zero-order valence-electron chi connectivity index (χ0n) is 12.1. The van der Waals surface area contributed by atoms with Gasteiger partial charge in [-0.25, -0.2) is 4.98 Å². The van der Waals surface area contributed by atoms with Gasteiger partial charge in [-0.1, -0.05) is 0 Å². The van der Waals surface area contributed by atoms with Crippen LogP contribution in [0, 0.1) is 13.8 Å². The van der Waals surface area contributed by atoms with Gasteiger partial charge in [-0.15, -0.1) is 11.3 Å². The van der Waals surface area contributed by atoms with E-state index in [0.717, 1.165) is 36.5 Å². The van der Waals surface area contributed by atoms with Crippen molar-refractivity contribution in [1.29, 1.82) is 0 Å². The molecule has 2 heterocycles. The first-order valence-corrected chi connectivity index (χ1v) is 7.62. The SMILES string of the molecule is Cc1nc(C)c(C(C)N2CCCCC2(C)C(=O)O)s1. The Morgan fingerprint density at radius 1 is 1.47 bits per heavy atom. The first-order chi connectivity index (χ1) is 8.86. The zero-order chi connectivity index (χ0) is 14.2. The van der Waals surface area contributed by atoms with Crippen molar-refractivity contribution in [3.05, 3.63) is 15.6 Å². The summed E-state index contributed by atoms with van der Waals surface area (Å²) in [7, 11) is 0. The van der Waals surface area contributed by atoms with E-state index in [4.69, 9.17) is 0 Å². The van der Waals surface area contributed by atoms with Crippen LogP contribution in [-0.4, -0.2) is 33.0 Å². The Labute approximate surface area is 118 Å². The third kappa shape index (κ3) is 2.54. The summed E-state index contributed by atoms with van der Waals surface area (Å²) in [4.78, 5) is 19.5. The molecule has 5 heteroatoms. The molecule has 0 aromatic carbocycles. The van der Waals surface area contributed by atoms with Gasteiger partial charge in [-0.05, 0) is 53.5 Å². The molecule has 0 bridgehead atoms. The van der Waals surface area contributed by atoms with Crippen molar-refractivity contribution < 1.29 is 9.90 Å².